The average molecular weight is 400 g/mol. The van der Waals surface area contributed by atoms with E-state index in [-0.39, 0.29) is 5.91 Å². The molecule has 1 aliphatic heterocycles. The number of nitrogens with zero attached hydrogens (tertiary/aromatic N) is 3. The van der Waals surface area contributed by atoms with Crippen LogP contribution in [0.25, 0.3) is 10.9 Å². The van der Waals surface area contributed by atoms with Crippen LogP contribution >= 0.6 is 23.2 Å². The normalized spacial score (nSPS) is 15.3. The highest BCUT2D eigenvalue weighted by molar-refractivity contribution is 6.36. The molecule has 1 aliphatic rings. The fourth-order valence-electron chi connectivity index (χ4n) is 3.48. The number of piperazine rings is 1. The summed E-state index contributed by atoms with van der Waals surface area (Å²) in [6, 6.07) is 15.3. The maximum Gasteiger partial charge on any atom is 0.255 e. The van der Waals surface area contributed by atoms with Crippen molar-refractivity contribution in [3.8, 4) is 0 Å². The molecule has 0 N–H and O–H groups in total. The van der Waals surface area contributed by atoms with Gasteiger partial charge in [0.1, 0.15) is 0 Å². The Kier molecular flexibility index (Phi) is 5.30. The number of hydrogen-bond acceptors (Lipinski definition) is 3. The third kappa shape index (κ3) is 3.93. The zero-order chi connectivity index (χ0) is 18.8. The average Bonchev–Trinajstić information content (AvgIpc) is 2.68. The highest BCUT2D eigenvalue weighted by Gasteiger charge is 2.24. The minimum Gasteiger partial charge on any atom is -0.336 e. The second-order valence-electron chi connectivity index (χ2n) is 6.68. The van der Waals surface area contributed by atoms with Gasteiger partial charge >= 0.3 is 0 Å². The van der Waals surface area contributed by atoms with Gasteiger partial charge in [0, 0.05) is 49.3 Å². The molecule has 1 fully saturated rings. The molecule has 0 spiro atoms. The fourth-order valence-corrected chi connectivity index (χ4v) is 3.97. The van der Waals surface area contributed by atoms with Gasteiger partial charge in [-0.2, -0.15) is 0 Å². The monoisotopic (exact) mass is 399 g/mol. The van der Waals surface area contributed by atoms with E-state index in [1.165, 1.54) is 5.56 Å². The van der Waals surface area contributed by atoms with Crippen LogP contribution in [0.1, 0.15) is 15.9 Å². The number of pyridine rings is 1. The lowest BCUT2D eigenvalue weighted by atomic mass is 10.1. The van der Waals surface area contributed by atoms with Crippen molar-refractivity contribution in [1.29, 1.82) is 0 Å². The second kappa shape index (κ2) is 7.85. The first-order valence-electron chi connectivity index (χ1n) is 8.91. The number of benzene rings is 2. The predicted molar refractivity (Wildman–Crippen MR) is 109 cm³/mol. The molecular formula is C21H19Cl2N3O. The maximum absolute atomic E-state index is 12.7. The minimum atomic E-state index is -0.0388. The van der Waals surface area contributed by atoms with Crippen LogP contribution in [0.5, 0.6) is 0 Å². The molecule has 0 saturated carbocycles. The number of rotatable bonds is 3. The molecule has 27 heavy (non-hydrogen) atoms. The summed E-state index contributed by atoms with van der Waals surface area (Å²) in [5, 5.41) is 2.09. The van der Waals surface area contributed by atoms with Crippen LogP contribution in [-0.2, 0) is 6.54 Å². The highest BCUT2D eigenvalue weighted by Crippen LogP contribution is 2.23. The predicted octanol–water partition coefficient (Wildman–Crippen LogP) is 4.50. The van der Waals surface area contributed by atoms with Crippen LogP contribution in [0.2, 0.25) is 10.0 Å². The quantitative estimate of drug-likeness (QED) is 0.650. The number of amides is 1. The summed E-state index contributed by atoms with van der Waals surface area (Å²) in [5.74, 6) is -0.0388. The molecule has 4 nitrogen and oxygen atoms in total. The minimum absolute atomic E-state index is 0.0388. The SMILES string of the molecule is O=C(c1ccc(Cl)cc1Cl)N1CCN(Cc2cccc3cccnc23)CC1. The highest BCUT2D eigenvalue weighted by atomic mass is 35.5. The number of carbonyl (C=O) groups is 1. The van der Waals surface area contributed by atoms with Gasteiger partial charge in [-0.15, -0.1) is 0 Å². The third-order valence-corrected chi connectivity index (χ3v) is 5.48. The molecule has 2 aromatic carbocycles. The van der Waals surface area contributed by atoms with Gasteiger partial charge in [-0.3, -0.25) is 14.7 Å². The zero-order valence-corrected chi connectivity index (χ0v) is 16.2. The fraction of sp³-hybridized carbons (Fsp3) is 0.238. The number of para-hydroxylation sites is 1. The first-order chi connectivity index (χ1) is 13.1. The summed E-state index contributed by atoms with van der Waals surface area (Å²) in [7, 11) is 0. The molecule has 3 aromatic rings. The van der Waals surface area contributed by atoms with E-state index in [2.05, 4.69) is 34.1 Å². The summed E-state index contributed by atoms with van der Waals surface area (Å²) < 4.78 is 0. The number of fused-ring (bicyclic) bond motifs is 1. The maximum atomic E-state index is 12.7. The Morgan fingerprint density at radius 3 is 2.56 bits per heavy atom. The van der Waals surface area contributed by atoms with Crippen LogP contribution < -0.4 is 0 Å². The van der Waals surface area contributed by atoms with Gasteiger partial charge in [0.15, 0.2) is 0 Å². The zero-order valence-electron chi connectivity index (χ0n) is 14.7. The Morgan fingerprint density at radius 1 is 1.00 bits per heavy atom. The number of carbonyl (C=O) groups excluding carboxylic acids is 1. The Bertz CT molecular complexity index is 979. The first-order valence-corrected chi connectivity index (χ1v) is 9.67. The van der Waals surface area contributed by atoms with Crippen LogP contribution in [0.3, 0.4) is 0 Å². The molecule has 1 amide bonds. The van der Waals surface area contributed by atoms with Crippen LogP contribution in [0.15, 0.2) is 54.7 Å². The lowest BCUT2D eigenvalue weighted by molar-refractivity contribution is 0.0629. The smallest absolute Gasteiger partial charge is 0.255 e. The van der Waals surface area contributed by atoms with Gasteiger partial charge in [0.2, 0.25) is 0 Å². The lowest BCUT2D eigenvalue weighted by Gasteiger charge is -2.35. The van der Waals surface area contributed by atoms with E-state index >= 15 is 0 Å². The Hall–Kier alpha value is -2.14. The summed E-state index contributed by atoms with van der Waals surface area (Å²) in [4.78, 5) is 21.5. The molecule has 1 saturated heterocycles. The van der Waals surface area contributed by atoms with E-state index in [0.717, 1.165) is 30.5 Å². The van der Waals surface area contributed by atoms with Crippen molar-refractivity contribution >= 4 is 40.0 Å². The van der Waals surface area contributed by atoms with Crippen LogP contribution in [0.4, 0.5) is 0 Å². The lowest BCUT2D eigenvalue weighted by Crippen LogP contribution is -2.48. The van der Waals surface area contributed by atoms with E-state index in [1.54, 1.807) is 18.2 Å². The van der Waals surface area contributed by atoms with Crippen molar-refractivity contribution in [2.75, 3.05) is 26.2 Å². The molecule has 1 aromatic heterocycles. The Labute approximate surface area is 168 Å². The number of hydrogen-bond donors (Lipinski definition) is 0. The molecular weight excluding hydrogens is 381 g/mol. The summed E-state index contributed by atoms with van der Waals surface area (Å²) in [5.41, 5.74) is 2.77. The Morgan fingerprint density at radius 2 is 1.78 bits per heavy atom. The molecule has 4 rings (SSSR count). The standard InChI is InChI=1S/C21H19Cl2N3O/c22-17-6-7-18(19(23)13-17)21(27)26-11-9-25(10-12-26)14-16-4-1-3-15-5-2-8-24-20(15)16/h1-8,13H,9-12,14H2. The molecule has 0 aliphatic carbocycles. The van der Waals surface area contributed by atoms with Crippen LogP contribution in [-0.4, -0.2) is 46.9 Å². The van der Waals surface area contributed by atoms with Crippen molar-refractivity contribution in [3.05, 3.63) is 75.9 Å². The van der Waals surface area contributed by atoms with Gasteiger partial charge in [-0.1, -0.05) is 47.5 Å². The van der Waals surface area contributed by atoms with E-state index in [0.29, 0.717) is 28.7 Å². The van der Waals surface area contributed by atoms with Crippen LogP contribution in [0, 0.1) is 0 Å². The van der Waals surface area contributed by atoms with Gasteiger partial charge in [0.25, 0.3) is 5.91 Å². The van der Waals surface area contributed by atoms with Crippen molar-refractivity contribution < 1.29 is 4.79 Å². The van der Waals surface area contributed by atoms with Gasteiger partial charge in [-0.25, -0.2) is 0 Å². The molecule has 0 bridgehead atoms. The van der Waals surface area contributed by atoms with Crippen molar-refractivity contribution in [2.24, 2.45) is 0 Å². The van der Waals surface area contributed by atoms with Crippen molar-refractivity contribution in [1.82, 2.24) is 14.8 Å². The van der Waals surface area contributed by atoms with Gasteiger partial charge < -0.3 is 4.90 Å². The van der Waals surface area contributed by atoms with Crippen molar-refractivity contribution in [2.45, 2.75) is 6.54 Å². The molecule has 138 valence electrons. The van der Waals surface area contributed by atoms with Gasteiger partial charge in [-0.05, 0) is 29.8 Å². The molecule has 2 heterocycles. The van der Waals surface area contributed by atoms with E-state index in [4.69, 9.17) is 23.2 Å². The second-order valence-corrected chi connectivity index (χ2v) is 7.53. The summed E-state index contributed by atoms with van der Waals surface area (Å²) in [6.07, 6.45) is 1.83. The summed E-state index contributed by atoms with van der Waals surface area (Å²) in [6.45, 7) is 3.82. The first kappa shape index (κ1) is 18.2. The topological polar surface area (TPSA) is 36.4 Å². The molecule has 0 atom stereocenters. The molecule has 0 radical (unpaired) electrons. The number of aromatic nitrogens is 1. The summed E-state index contributed by atoms with van der Waals surface area (Å²) >= 11 is 12.1. The van der Waals surface area contributed by atoms with E-state index < -0.39 is 0 Å². The molecule has 0 unspecified atom stereocenters. The third-order valence-electron chi connectivity index (χ3n) is 4.93. The van der Waals surface area contributed by atoms with Gasteiger partial charge in [0.05, 0.1) is 16.1 Å². The van der Waals surface area contributed by atoms with Crippen molar-refractivity contribution in [3.63, 3.8) is 0 Å². The number of halogens is 2. The molecule has 6 heteroatoms. The van der Waals surface area contributed by atoms with E-state index in [9.17, 15) is 4.79 Å². The largest absolute Gasteiger partial charge is 0.336 e. The Balaban J connectivity index is 1.42. The van der Waals surface area contributed by atoms with E-state index in [1.807, 2.05) is 17.2 Å².